The van der Waals surface area contributed by atoms with Crippen molar-refractivity contribution < 1.29 is 19.1 Å². The summed E-state index contributed by atoms with van der Waals surface area (Å²) < 4.78 is 7.08. The highest BCUT2D eigenvalue weighted by atomic mass is 35.5. The molecule has 0 fully saturated rings. The van der Waals surface area contributed by atoms with Gasteiger partial charge in [0.1, 0.15) is 16.2 Å². The van der Waals surface area contributed by atoms with E-state index >= 15 is 0 Å². The molecule has 0 aliphatic carbocycles. The third kappa shape index (κ3) is 3.34. The number of hydrogen-bond acceptors (Lipinski definition) is 5. The maximum Gasteiger partial charge on any atom is 0.355 e. The zero-order valence-electron chi connectivity index (χ0n) is 12.5. The number of hydrogen-bond donors (Lipinski definition) is 2. The third-order valence-electron chi connectivity index (χ3n) is 3.26. The van der Waals surface area contributed by atoms with Crippen LogP contribution in [-0.4, -0.2) is 33.9 Å². The number of fused-ring (bicyclic) bond motifs is 1. The van der Waals surface area contributed by atoms with Gasteiger partial charge in [-0.1, -0.05) is 11.6 Å². The SMILES string of the molecule is Cn1cccc1C(=O)NC(=O)COC(=O)c1cc2cc(Cl)sc2[nH]1. The van der Waals surface area contributed by atoms with Gasteiger partial charge in [0.15, 0.2) is 6.61 Å². The molecule has 0 saturated heterocycles. The van der Waals surface area contributed by atoms with Crippen LogP contribution in [-0.2, 0) is 16.6 Å². The van der Waals surface area contributed by atoms with Crippen molar-refractivity contribution in [2.75, 3.05) is 6.61 Å². The number of nitrogens with one attached hydrogen (secondary N) is 2. The molecular weight excluding hydrogens is 354 g/mol. The van der Waals surface area contributed by atoms with Gasteiger partial charge in [0, 0.05) is 18.6 Å². The van der Waals surface area contributed by atoms with Crippen molar-refractivity contribution >= 4 is 50.9 Å². The van der Waals surface area contributed by atoms with Crippen LogP contribution in [0.15, 0.2) is 30.5 Å². The number of aryl methyl sites for hydroxylation is 1. The first kappa shape index (κ1) is 16.3. The molecule has 3 aromatic heterocycles. The lowest BCUT2D eigenvalue weighted by Crippen LogP contribution is -2.35. The van der Waals surface area contributed by atoms with Crippen molar-refractivity contribution in [3.05, 3.63) is 46.2 Å². The zero-order chi connectivity index (χ0) is 17.3. The summed E-state index contributed by atoms with van der Waals surface area (Å²) in [5.74, 6) is -1.94. The number of H-pyrrole nitrogens is 1. The fourth-order valence-electron chi connectivity index (χ4n) is 2.14. The molecule has 24 heavy (non-hydrogen) atoms. The minimum Gasteiger partial charge on any atom is -0.451 e. The van der Waals surface area contributed by atoms with Crippen molar-refractivity contribution in [3.8, 4) is 0 Å². The first-order valence-corrected chi connectivity index (χ1v) is 8.04. The van der Waals surface area contributed by atoms with E-state index in [0.717, 1.165) is 10.2 Å². The Labute approximate surface area is 145 Å². The Morgan fingerprint density at radius 3 is 2.83 bits per heavy atom. The van der Waals surface area contributed by atoms with Gasteiger partial charge in [-0.05, 0) is 24.3 Å². The normalized spacial score (nSPS) is 10.8. The van der Waals surface area contributed by atoms with Crippen molar-refractivity contribution in [1.29, 1.82) is 0 Å². The quantitative estimate of drug-likeness (QED) is 0.694. The molecule has 0 bridgehead atoms. The predicted molar refractivity (Wildman–Crippen MR) is 89.4 cm³/mol. The number of halogens is 1. The van der Waals surface area contributed by atoms with Gasteiger partial charge in [0.2, 0.25) is 0 Å². The number of aromatic amines is 1. The highest BCUT2D eigenvalue weighted by molar-refractivity contribution is 7.22. The summed E-state index contributed by atoms with van der Waals surface area (Å²) in [6, 6.07) is 6.57. The molecule has 7 nitrogen and oxygen atoms in total. The van der Waals surface area contributed by atoms with E-state index in [1.807, 2.05) is 0 Å². The topological polar surface area (TPSA) is 93.2 Å². The number of carbonyl (C=O) groups excluding carboxylic acids is 3. The molecule has 3 aromatic rings. The number of rotatable bonds is 4. The average molecular weight is 366 g/mol. The van der Waals surface area contributed by atoms with Crippen LogP contribution < -0.4 is 5.32 Å². The van der Waals surface area contributed by atoms with E-state index in [1.165, 1.54) is 11.3 Å². The van der Waals surface area contributed by atoms with E-state index in [9.17, 15) is 14.4 Å². The highest BCUT2D eigenvalue weighted by Gasteiger charge is 2.17. The fraction of sp³-hybridized carbons (Fsp3) is 0.133. The molecule has 2 N–H and O–H groups in total. The van der Waals surface area contributed by atoms with Gasteiger partial charge in [-0.25, -0.2) is 4.79 Å². The maximum atomic E-state index is 11.9. The molecule has 0 aromatic carbocycles. The molecule has 0 aliphatic rings. The van der Waals surface area contributed by atoms with Crippen LogP contribution in [0.4, 0.5) is 0 Å². The van der Waals surface area contributed by atoms with Crippen LogP contribution in [0.3, 0.4) is 0 Å². The number of aromatic nitrogens is 2. The van der Waals surface area contributed by atoms with Crippen LogP contribution in [0.1, 0.15) is 21.0 Å². The summed E-state index contributed by atoms with van der Waals surface area (Å²) in [5.41, 5.74) is 0.547. The summed E-state index contributed by atoms with van der Waals surface area (Å²) in [4.78, 5) is 39.1. The monoisotopic (exact) mass is 365 g/mol. The van der Waals surface area contributed by atoms with E-state index in [-0.39, 0.29) is 5.69 Å². The molecule has 0 spiro atoms. The molecule has 3 rings (SSSR count). The van der Waals surface area contributed by atoms with Crippen molar-refractivity contribution in [2.45, 2.75) is 0 Å². The van der Waals surface area contributed by atoms with Crippen molar-refractivity contribution in [1.82, 2.24) is 14.9 Å². The smallest absolute Gasteiger partial charge is 0.355 e. The van der Waals surface area contributed by atoms with Gasteiger partial charge in [0.25, 0.3) is 11.8 Å². The summed E-state index contributed by atoms with van der Waals surface area (Å²) >= 11 is 7.16. The lowest BCUT2D eigenvalue weighted by molar-refractivity contribution is -0.123. The Morgan fingerprint density at radius 1 is 1.38 bits per heavy atom. The predicted octanol–water partition coefficient (Wildman–Crippen LogP) is 2.33. The minimum atomic E-state index is -0.703. The van der Waals surface area contributed by atoms with E-state index in [0.29, 0.717) is 10.0 Å². The second-order valence-corrected chi connectivity index (χ2v) is 6.66. The number of imide groups is 1. The molecular formula is C15H12ClN3O4S. The molecule has 124 valence electrons. The number of ether oxygens (including phenoxy) is 1. The number of carbonyl (C=O) groups is 3. The lowest BCUT2D eigenvalue weighted by Gasteiger charge is -2.05. The maximum absolute atomic E-state index is 11.9. The molecule has 0 aliphatic heterocycles. The van der Waals surface area contributed by atoms with Gasteiger partial charge < -0.3 is 14.3 Å². The third-order valence-corrected chi connectivity index (χ3v) is 4.46. The first-order chi connectivity index (χ1) is 11.4. The molecule has 9 heteroatoms. The van der Waals surface area contributed by atoms with Crippen LogP contribution >= 0.6 is 22.9 Å². The minimum absolute atomic E-state index is 0.217. The lowest BCUT2D eigenvalue weighted by atomic mass is 10.3. The summed E-state index contributed by atoms with van der Waals surface area (Å²) in [6.45, 7) is -0.553. The van der Waals surface area contributed by atoms with Gasteiger partial charge >= 0.3 is 5.97 Å². The largest absolute Gasteiger partial charge is 0.451 e. The van der Waals surface area contributed by atoms with E-state index in [1.54, 1.807) is 42.1 Å². The number of esters is 1. The second kappa shape index (κ2) is 6.50. The van der Waals surface area contributed by atoms with Crippen LogP contribution in [0, 0.1) is 0 Å². The summed E-state index contributed by atoms with van der Waals surface area (Å²) in [7, 11) is 1.68. The number of thiophene rings is 1. The van der Waals surface area contributed by atoms with E-state index < -0.39 is 24.4 Å². The second-order valence-electron chi connectivity index (χ2n) is 4.98. The summed E-state index contributed by atoms with van der Waals surface area (Å²) in [6.07, 6.45) is 1.68. The van der Waals surface area contributed by atoms with Crippen LogP contribution in [0.25, 0.3) is 10.2 Å². The van der Waals surface area contributed by atoms with Crippen LogP contribution in [0.2, 0.25) is 4.34 Å². The Balaban J connectivity index is 1.55. The van der Waals surface area contributed by atoms with Gasteiger partial charge in [-0.3, -0.25) is 14.9 Å². The molecule has 0 saturated carbocycles. The van der Waals surface area contributed by atoms with Crippen molar-refractivity contribution in [3.63, 3.8) is 0 Å². The molecule has 0 atom stereocenters. The Morgan fingerprint density at radius 2 is 2.17 bits per heavy atom. The summed E-state index contributed by atoms with van der Waals surface area (Å²) in [5, 5.41) is 2.95. The molecule has 0 radical (unpaired) electrons. The van der Waals surface area contributed by atoms with E-state index in [2.05, 4.69) is 10.3 Å². The fourth-order valence-corrected chi connectivity index (χ4v) is 3.26. The molecule has 0 unspecified atom stereocenters. The van der Waals surface area contributed by atoms with Gasteiger partial charge in [0.05, 0.1) is 4.34 Å². The average Bonchev–Trinajstić information content (AvgIpc) is 3.18. The van der Waals surface area contributed by atoms with Gasteiger partial charge in [-0.15, -0.1) is 11.3 Å². The number of nitrogens with zero attached hydrogens (tertiary/aromatic N) is 1. The Bertz CT molecular complexity index is 908. The molecule has 3 heterocycles. The first-order valence-electron chi connectivity index (χ1n) is 6.85. The number of amides is 2. The highest BCUT2D eigenvalue weighted by Crippen LogP contribution is 2.29. The standard InChI is InChI=1S/C15H12ClN3O4S/c1-19-4-2-3-10(19)13(21)18-12(20)7-23-15(22)9-5-8-6-11(16)24-14(8)17-9/h2-6,17H,7H2,1H3,(H,18,20,21). The Hall–Kier alpha value is -2.58. The van der Waals surface area contributed by atoms with Gasteiger partial charge in [-0.2, -0.15) is 0 Å². The Kier molecular flexibility index (Phi) is 4.41. The molecule has 2 amide bonds. The van der Waals surface area contributed by atoms with E-state index in [4.69, 9.17) is 16.3 Å². The zero-order valence-corrected chi connectivity index (χ0v) is 14.0. The van der Waals surface area contributed by atoms with Crippen molar-refractivity contribution in [2.24, 2.45) is 7.05 Å². The van der Waals surface area contributed by atoms with Crippen LogP contribution in [0.5, 0.6) is 0 Å².